The number of piperidine rings is 1. The van der Waals surface area contributed by atoms with Gasteiger partial charge in [0.1, 0.15) is 5.69 Å². The van der Waals surface area contributed by atoms with E-state index in [-0.39, 0.29) is 47.9 Å². The summed E-state index contributed by atoms with van der Waals surface area (Å²) in [6.45, 7) is 1.29. The molecule has 3 rings (SSSR count). The van der Waals surface area contributed by atoms with Crippen LogP contribution in [0.4, 0.5) is 0 Å². The number of nitrogens with two attached hydrogens (primary N) is 1. The highest BCUT2D eigenvalue weighted by molar-refractivity contribution is 5.92. The van der Waals surface area contributed by atoms with Crippen LogP contribution in [0, 0.1) is 0 Å². The van der Waals surface area contributed by atoms with Crippen molar-refractivity contribution in [3.05, 3.63) is 58.5 Å². The van der Waals surface area contributed by atoms with Crippen LogP contribution < -0.4 is 16.6 Å². The Hall–Kier alpha value is -2.71. The summed E-state index contributed by atoms with van der Waals surface area (Å²) in [5.74, 6) is -0.348. The maximum Gasteiger partial charge on any atom is 0.274 e. The van der Waals surface area contributed by atoms with Gasteiger partial charge in [0.05, 0.1) is 5.69 Å². The Morgan fingerprint density at radius 2 is 1.90 bits per heavy atom. The van der Waals surface area contributed by atoms with Gasteiger partial charge in [-0.2, -0.15) is 9.78 Å². The van der Waals surface area contributed by atoms with Gasteiger partial charge in [0.2, 0.25) is 5.91 Å². The first-order chi connectivity index (χ1) is 13.6. The third-order valence-corrected chi connectivity index (χ3v) is 4.81. The molecule has 0 spiro atoms. The molecule has 0 aliphatic carbocycles. The van der Waals surface area contributed by atoms with Crippen LogP contribution in [-0.2, 0) is 4.79 Å². The highest BCUT2D eigenvalue weighted by Crippen LogP contribution is 2.19. The number of likely N-dealkylation sites (tertiary alicyclic amines) is 1. The predicted molar refractivity (Wildman–Crippen MR) is 112 cm³/mol. The first-order valence-corrected chi connectivity index (χ1v) is 9.53. The number of hydrogen-bond acceptors (Lipinski definition) is 5. The van der Waals surface area contributed by atoms with Gasteiger partial charge >= 0.3 is 0 Å². The third-order valence-electron chi connectivity index (χ3n) is 4.81. The van der Waals surface area contributed by atoms with Crippen LogP contribution >= 0.6 is 12.4 Å². The number of nitrogens with zero attached hydrogens (tertiary/aromatic N) is 3. The molecule has 1 aliphatic rings. The minimum absolute atomic E-state index is 0. The van der Waals surface area contributed by atoms with Gasteiger partial charge in [0.25, 0.3) is 11.5 Å². The fraction of sp³-hybridized carbons (Fsp3) is 0.400. The molecule has 0 bridgehead atoms. The molecule has 1 aliphatic heterocycles. The lowest BCUT2D eigenvalue weighted by Gasteiger charge is -2.35. The van der Waals surface area contributed by atoms with Crippen molar-refractivity contribution in [3.8, 4) is 5.69 Å². The van der Waals surface area contributed by atoms with Crippen LogP contribution in [0.2, 0.25) is 0 Å². The Balaban J connectivity index is 0.00000300. The molecule has 0 saturated carbocycles. The molecule has 1 aromatic heterocycles. The van der Waals surface area contributed by atoms with Crippen molar-refractivity contribution in [2.75, 3.05) is 19.6 Å². The van der Waals surface area contributed by atoms with E-state index in [1.54, 1.807) is 17.0 Å². The van der Waals surface area contributed by atoms with Gasteiger partial charge in [0, 0.05) is 38.2 Å². The lowest BCUT2D eigenvalue weighted by molar-refractivity contribution is -0.121. The Morgan fingerprint density at radius 3 is 2.62 bits per heavy atom. The summed E-state index contributed by atoms with van der Waals surface area (Å²) >= 11 is 0. The number of halogens is 1. The van der Waals surface area contributed by atoms with Crippen LogP contribution in [0.25, 0.3) is 5.69 Å². The second-order valence-corrected chi connectivity index (χ2v) is 6.80. The molecule has 1 saturated heterocycles. The average molecular weight is 420 g/mol. The van der Waals surface area contributed by atoms with E-state index >= 15 is 0 Å². The molecule has 2 heterocycles. The largest absolute Gasteiger partial charge is 0.354 e. The molecular weight excluding hydrogens is 394 g/mol. The monoisotopic (exact) mass is 419 g/mol. The van der Waals surface area contributed by atoms with Crippen LogP contribution in [0.3, 0.4) is 0 Å². The summed E-state index contributed by atoms with van der Waals surface area (Å²) in [5, 5.41) is 7.13. The predicted octanol–water partition coefficient (Wildman–Crippen LogP) is 1.11. The molecule has 3 N–H and O–H groups in total. The molecule has 1 atom stereocenters. The first-order valence-electron chi connectivity index (χ1n) is 9.53. The highest BCUT2D eigenvalue weighted by atomic mass is 35.5. The molecule has 2 amide bonds. The van der Waals surface area contributed by atoms with Crippen molar-refractivity contribution < 1.29 is 9.59 Å². The quantitative estimate of drug-likeness (QED) is 0.728. The molecule has 2 aromatic rings. The lowest BCUT2D eigenvalue weighted by Crippen LogP contribution is -2.50. The van der Waals surface area contributed by atoms with E-state index in [1.807, 2.05) is 18.2 Å². The number of aromatic nitrogens is 2. The Kier molecular flexibility index (Phi) is 8.35. The van der Waals surface area contributed by atoms with E-state index in [0.29, 0.717) is 25.3 Å². The van der Waals surface area contributed by atoms with Gasteiger partial charge in [0.15, 0.2) is 0 Å². The first kappa shape index (κ1) is 22.6. The van der Waals surface area contributed by atoms with E-state index in [9.17, 15) is 14.4 Å². The number of nitrogens with one attached hydrogen (secondary N) is 1. The number of para-hydroxylation sites is 1. The topological polar surface area (TPSA) is 110 Å². The zero-order valence-corrected chi connectivity index (χ0v) is 16.9. The SMILES string of the molecule is Cl.NCCC(=O)NCC1CCCCN1C(=O)c1ccc(=O)n(-c2ccccc2)n1. The van der Waals surface area contributed by atoms with Crippen molar-refractivity contribution >= 4 is 24.2 Å². The number of rotatable bonds is 6. The van der Waals surface area contributed by atoms with E-state index in [2.05, 4.69) is 10.4 Å². The van der Waals surface area contributed by atoms with Crippen molar-refractivity contribution in [2.45, 2.75) is 31.7 Å². The van der Waals surface area contributed by atoms with Crippen LogP contribution in [0.15, 0.2) is 47.3 Å². The fourth-order valence-corrected chi connectivity index (χ4v) is 3.36. The van der Waals surface area contributed by atoms with E-state index in [1.165, 1.54) is 16.8 Å². The number of carbonyl (C=O) groups excluding carboxylic acids is 2. The summed E-state index contributed by atoms with van der Waals surface area (Å²) in [5.41, 5.74) is 5.92. The van der Waals surface area contributed by atoms with Crippen LogP contribution in [-0.4, -0.2) is 52.2 Å². The molecule has 9 heteroatoms. The van der Waals surface area contributed by atoms with Crippen molar-refractivity contribution in [1.82, 2.24) is 20.0 Å². The van der Waals surface area contributed by atoms with Crippen LogP contribution in [0.5, 0.6) is 0 Å². The normalized spacial score (nSPS) is 16.0. The number of benzene rings is 1. The van der Waals surface area contributed by atoms with Gasteiger partial charge in [-0.1, -0.05) is 18.2 Å². The van der Waals surface area contributed by atoms with Gasteiger partial charge in [-0.3, -0.25) is 14.4 Å². The highest BCUT2D eigenvalue weighted by Gasteiger charge is 2.29. The molecule has 1 fully saturated rings. The van der Waals surface area contributed by atoms with Gasteiger partial charge < -0.3 is 16.0 Å². The zero-order valence-electron chi connectivity index (χ0n) is 16.1. The third kappa shape index (κ3) is 5.65. The Morgan fingerprint density at radius 1 is 1.14 bits per heavy atom. The van der Waals surface area contributed by atoms with Gasteiger partial charge in [-0.05, 0) is 37.5 Å². The molecule has 0 radical (unpaired) electrons. The second-order valence-electron chi connectivity index (χ2n) is 6.80. The molecule has 8 nitrogen and oxygen atoms in total. The summed E-state index contributed by atoms with van der Waals surface area (Å²) in [7, 11) is 0. The summed E-state index contributed by atoms with van der Waals surface area (Å²) < 4.78 is 1.23. The van der Waals surface area contributed by atoms with Crippen molar-refractivity contribution in [2.24, 2.45) is 5.73 Å². The molecular formula is C20H26ClN5O3. The number of carbonyl (C=O) groups is 2. The van der Waals surface area contributed by atoms with E-state index in [4.69, 9.17) is 5.73 Å². The molecule has 29 heavy (non-hydrogen) atoms. The summed E-state index contributed by atoms with van der Waals surface area (Å²) in [6, 6.07) is 11.7. The second kappa shape index (κ2) is 10.7. The minimum atomic E-state index is -0.299. The summed E-state index contributed by atoms with van der Waals surface area (Å²) in [4.78, 5) is 38.8. The van der Waals surface area contributed by atoms with Crippen molar-refractivity contribution in [1.29, 1.82) is 0 Å². The summed E-state index contributed by atoms with van der Waals surface area (Å²) in [6.07, 6.45) is 2.98. The Labute approximate surface area is 175 Å². The lowest BCUT2D eigenvalue weighted by atomic mass is 10.0. The average Bonchev–Trinajstić information content (AvgIpc) is 2.73. The van der Waals surface area contributed by atoms with Crippen molar-refractivity contribution in [3.63, 3.8) is 0 Å². The van der Waals surface area contributed by atoms with E-state index in [0.717, 1.165) is 19.3 Å². The smallest absolute Gasteiger partial charge is 0.274 e. The standard InChI is InChI=1S/C20H25N5O3.ClH/c21-12-11-18(26)22-14-16-8-4-5-13-24(16)20(28)17-9-10-19(27)25(23-17)15-6-2-1-3-7-15;/h1-3,6-7,9-10,16H,4-5,8,11-14,21H2,(H,22,26);1H. The molecule has 1 unspecified atom stereocenters. The minimum Gasteiger partial charge on any atom is -0.354 e. The number of hydrogen-bond donors (Lipinski definition) is 2. The zero-order chi connectivity index (χ0) is 19.9. The maximum atomic E-state index is 13.1. The van der Waals surface area contributed by atoms with Gasteiger partial charge in [-0.15, -0.1) is 12.4 Å². The van der Waals surface area contributed by atoms with E-state index < -0.39 is 0 Å². The van der Waals surface area contributed by atoms with Crippen LogP contribution in [0.1, 0.15) is 36.2 Å². The number of amides is 2. The fourth-order valence-electron chi connectivity index (χ4n) is 3.36. The molecule has 156 valence electrons. The maximum absolute atomic E-state index is 13.1. The van der Waals surface area contributed by atoms with Gasteiger partial charge in [-0.25, -0.2) is 0 Å². The Bertz CT molecular complexity index is 887. The molecule has 1 aromatic carbocycles.